The van der Waals surface area contributed by atoms with E-state index in [1.807, 2.05) is 24.3 Å². The standard InChI is InChI=1S/C19H26N2O3/c1-13-6-5-7-15(14(13)2)20-18(22)10-11-21-16-8-3-4-9-17(16)24-12-19(21)23/h3-4,8-9,13-15H,5-7,10-12H2,1-2H3,(H,20,22)/t13-,14+,15-/m1/s1. The molecule has 0 spiro atoms. The fourth-order valence-corrected chi connectivity index (χ4v) is 3.68. The molecule has 2 amide bonds. The zero-order valence-corrected chi connectivity index (χ0v) is 14.5. The number of rotatable bonds is 4. The van der Waals surface area contributed by atoms with Crippen molar-refractivity contribution in [1.29, 1.82) is 0 Å². The molecule has 1 aliphatic heterocycles. The molecule has 0 aromatic heterocycles. The molecule has 3 atom stereocenters. The van der Waals surface area contributed by atoms with E-state index >= 15 is 0 Å². The first-order chi connectivity index (χ1) is 11.6. The lowest BCUT2D eigenvalue weighted by Crippen LogP contribution is -2.45. The van der Waals surface area contributed by atoms with Crippen LogP contribution < -0.4 is 15.0 Å². The largest absolute Gasteiger partial charge is 0.482 e. The van der Waals surface area contributed by atoms with Crippen LogP contribution in [0.15, 0.2) is 24.3 Å². The third-order valence-electron chi connectivity index (χ3n) is 5.42. The van der Waals surface area contributed by atoms with E-state index in [2.05, 4.69) is 19.2 Å². The molecule has 1 aromatic rings. The Kier molecular flexibility index (Phi) is 5.07. The summed E-state index contributed by atoms with van der Waals surface area (Å²) in [7, 11) is 0. The summed E-state index contributed by atoms with van der Waals surface area (Å²) in [5.74, 6) is 1.79. The van der Waals surface area contributed by atoms with Crippen molar-refractivity contribution in [2.75, 3.05) is 18.1 Å². The summed E-state index contributed by atoms with van der Waals surface area (Å²) in [6.07, 6.45) is 3.78. The van der Waals surface area contributed by atoms with Crippen LogP contribution in [0.1, 0.15) is 39.5 Å². The van der Waals surface area contributed by atoms with Crippen molar-refractivity contribution in [2.45, 2.75) is 45.6 Å². The highest BCUT2D eigenvalue weighted by Crippen LogP contribution is 2.32. The summed E-state index contributed by atoms with van der Waals surface area (Å²) in [5.41, 5.74) is 0.751. The van der Waals surface area contributed by atoms with Crippen LogP contribution in [0.2, 0.25) is 0 Å². The van der Waals surface area contributed by atoms with Crippen molar-refractivity contribution in [3.8, 4) is 5.75 Å². The van der Waals surface area contributed by atoms with Crippen molar-refractivity contribution in [3.05, 3.63) is 24.3 Å². The van der Waals surface area contributed by atoms with Crippen LogP contribution in [-0.4, -0.2) is 31.0 Å². The summed E-state index contributed by atoms with van der Waals surface area (Å²) in [6, 6.07) is 7.72. The molecule has 0 bridgehead atoms. The van der Waals surface area contributed by atoms with E-state index < -0.39 is 0 Å². The number of ether oxygens (including phenoxy) is 1. The molecule has 130 valence electrons. The fraction of sp³-hybridized carbons (Fsp3) is 0.579. The van der Waals surface area contributed by atoms with Crippen LogP contribution in [0.4, 0.5) is 5.69 Å². The normalized spacial score (nSPS) is 26.5. The Labute approximate surface area is 143 Å². The zero-order chi connectivity index (χ0) is 17.1. The van der Waals surface area contributed by atoms with Gasteiger partial charge in [0.2, 0.25) is 5.91 Å². The number of carbonyl (C=O) groups excluding carboxylic acids is 2. The monoisotopic (exact) mass is 330 g/mol. The van der Waals surface area contributed by atoms with Gasteiger partial charge in [0, 0.05) is 19.0 Å². The summed E-state index contributed by atoms with van der Waals surface area (Å²) >= 11 is 0. The van der Waals surface area contributed by atoms with Gasteiger partial charge in [0.25, 0.3) is 5.91 Å². The molecule has 1 aliphatic carbocycles. The quantitative estimate of drug-likeness (QED) is 0.923. The summed E-state index contributed by atoms with van der Waals surface area (Å²) in [5, 5.41) is 3.17. The Hall–Kier alpha value is -2.04. The smallest absolute Gasteiger partial charge is 0.265 e. The molecule has 5 heteroatoms. The van der Waals surface area contributed by atoms with Crippen LogP contribution in [0.3, 0.4) is 0 Å². The minimum atomic E-state index is -0.0962. The van der Waals surface area contributed by atoms with E-state index in [9.17, 15) is 9.59 Å². The Bertz CT molecular complexity index is 616. The van der Waals surface area contributed by atoms with Crippen LogP contribution in [-0.2, 0) is 9.59 Å². The lowest BCUT2D eigenvalue weighted by atomic mass is 9.78. The first-order valence-corrected chi connectivity index (χ1v) is 8.88. The van der Waals surface area contributed by atoms with E-state index in [1.54, 1.807) is 4.90 Å². The Balaban J connectivity index is 1.57. The SMILES string of the molecule is C[C@H]1[C@H](C)CCC[C@H]1NC(=O)CCN1C(=O)COc2ccccc21. The topological polar surface area (TPSA) is 58.6 Å². The molecule has 1 saturated carbocycles. The Morgan fingerprint density at radius 1 is 1.29 bits per heavy atom. The van der Waals surface area contributed by atoms with E-state index in [4.69, 9.17) is 4.74 Å². The first-order valence-electron chi connectivity index (χ1n) is 8.88. The van der Waals surface area contributed by atoms with Crippen molar-refractivity contribution in [1.82, 2.24) is 5.32 Å². The molecular formula is C19H26N2O3. The number of anilines is 1. The molecule has 1 N–H and O–H groups in total. The van der Waals surface area contributed by atoms with Gasteiger partial charge in [-0.2, -0.15) is 0 Å². The highest BCUT2D eigenvalue weighted by molar-refractivity contribution is 5.98. The number of amides is 2. The van der Waals surface area contributed by atoms with E-state index in [0.717, 1.165) is 12.1 Å². The number of para-hydroxylation sites is 2. The van der Waals surface area contributed by atoms with E-state index in [0.29, 0.717) is 30.6 Å². The maximum atomic E-state index is 12.3. The van der Waals surface area contributed by atoms with E-state index in [-0.39, 0.29) is 24.5 Å². The van der Waals surface area contributed by atoms with Gasteiger partial charge in [-0.3, -0.25) is 9.59 Å². The van der Waals surface area contributed by atoms with Gasteiger partial charge in [-0.1, -0.05) is 38.8 Å². The van der Waals surface area contributed by atoms with Gasteiger partial charge < -0.3 is 15.0 Å². The lowest BCUT2D eigenvalue weighted by Gasteiger charge is -2.35. The molecule has 24 heavy (non-hydrogen) atoms. The highest BCUT2D eigenvalue weighted by Gasteiger charge is 2.29. The van der Waals surface area contributed by atoms with E-state index in [1.165, 1.54) is 12.8 Å². The third-order valence-corrected chi connectivity index (χ3v) is 5.42. The minimum Gasteiger partial charge on any atom is -0.482 e. The maximum Gasteiger partial charge on any atom is 0.265 e. The first kappa shape index (κ1) is 16.8. The number of nitrogens with one attached hydrogen (secondary N) is 1. The van der Waals surface area contributed by atoms with Crippen LogP contribution >= 0.6 is 0 Å². The minimum absolute atomic E-state index is 0.0257. The van der Waals surface area contributed by atoms with Crippen molar-refractivity contribution >= 4 is 17.5 Å². The Morgan fingerprint density at radius 2 is 2.08 bits per heavy atom. The lowest BCUT2D eigenvalue weighted by molar-refractivity contribution is -0.123. The number of benzene rings is 1. The second-order valence-electron chi connectivity index (χ2n) is 6.99. The van der Waals surface area contributed by atoms with Gasteiger partial charge in [0.1, 0.15) is 5.75 Å². The van der Waals surface area contributed by atoms with Gasteiger partial charge >= 0.3 is 0 Å². The predicted octanol–water partition coefficient (Wildman–Crippen LogP) is 2.74. The summed E-state index contributed by atoms with van der Waals surface area (Å²) in [6.45, 7) is 4.90. The van der Waals surface area contributed by atoms with Gasteiger partial charge in [-0.15, -0.1) is 0 Å². The number of hydrogen-bond acceptors (Lipinski definition) is 3. The second kappa shape index (κ2) is 7.24. The van der Waals surface area contributed by atoms with Gasteiger partial charge in [0.15, 0.2) is 6.61 Å². The molecule has 5 nitrogen and oxygen atoms in total. The zero-order valence-electron chi connectivity index (χ0n) is 14.5. The average Bonchev–Trinajstić information content (AvgIpc) is 2.58. The number of nitrogens with zero attached hydrogens (tertiary/aromatic N) is 1. The predicted molar refractivity (Wildman–Crippen MR) is 93.0 cm³/mol. The summed E-state index contributed by atoms with van der Waals surface area (Å²) < 4.78 is 5.43. The number of fused-ring (bicyclic) bond motifs is 1. The van der Waals surface area contributed by atoms with Gasteiger partial charge in [-0.25, -0.2) is 0 Å². The van der Waals surface area contributed by atoms with Crippen molar-refractivity contribution in [2.24, 2.45) is 11.8 Å². The second-order valence-corrected chi connectivity index (χ2v) is 6.99. The molecule has 0 saturated heterocycles. The van der Waals surface area contributed by atoms with Crippen molar-refractivity contribution in [3.63, 3.8) is 0 Å². The summed E-state index contributed by atoms with van der Waals surface area (Å²) in [4.78, 5) is 26.1. The molecule has 1 fully saturated rings. The molecule has 0 unspecified atom stereocenters. The van der Waals surface area contributed by atoms with Gasteiger partial charge in [-0.05, 0) is 30.4 Å². The molecule has 2 aliphatic rings. The van der Waals surface area contributed by atoms with Crippen LogP contribution in [0, 0.1) is 11.8 Å². The Morgan fingerprint density at radius 3 is 2.92 bits per heavy atom. The molecule has 1 heterocycles. The van der Waals surface area contributed by atoms with Crippen molar-refractivity contribution < 1.29 is 14.3 Å². The molecular weight excluding hydrogens is 304 g/mol. The van der Waals surface area contributed by atoms with Gasteiger partial charge in [0.05, 0.1) is 5.69 Å². The molecule has 0 radical (unpaired) electrons. The average molecular weight is 330 g/mol. The molecule has 1 aromatic carbocycles. The highest BCUT2D eigenvalue weighted by atomic mass is 16.5. The van der Waals surface area contributed by atoms with Crippen LogP contribution in [0.5, 0.6) is 5.75 Å². The maximum absolute atomic E-state index is 12.3. The fourth-order valence-electron chi connectivity index (χ4n) is 3.68. The molecule has 3 rings (SSSR count). The third kappa shape index (κ3) is 3.55. The number of carbonyl (C=O) groups is 2. The number of hydrogen-bond donors (Lipinski definition) is 1. The van der Waals surface area contributed by atoms with Crippen LogP contribution in [0.25, 0.3) is 0 Å².